The highest BCUT2D eigenvalue weighted by atomic mass is 19.1. The van der Waals surface area contributed by atoms with E-state index in [1.807, 2.05) is 12.1 Å². The molecule has 2 N–H and O–H groups in total. The Kier molecular flexibility index (Phi) is 4.06. The average Bonchev–Trinajstić information content (AvgIpc) is 2.68. The molecule has 3 unspecified atom stereocenters. The maximum Gasteiger partial charge on any atom is 0.128 e. The van der Waals surface area contributed by atoms with Gasteiger partial charge >= 0.3 is 0 Å². The van der Waals surface area contributed by atoms with Gasteiger partial charge in [-0.3, -0.25) is 9.80 Å². The summed E-state index contributed by atoms with van der Waals surface area (Å²) in [6.45, 7) is 2.49. The molecular formula is C16H24FN3. The molecule has 3 atom stereocenters. The van der Waals surface area contributed by atoms with Crippen molar-refractivity contribution in [3.05, 3.63) is 35.6 Å². The van der Waals surface area contributed by atoms with E-state index in [0.29, 0.717) is 18.6 Å². The molecule has 110 valence electrons. The summed E-state index contributed by atoms with van der Waals surface area (Å²) in [6.07, 6.45) is 3.73. The predicted molar refractivity (Wildman–Crippen MR) is 79.0 cm³/mol. The number of fused-ring (bicyclic) bond motifs is 2. The minimum Gasteiger partial charge on any atom is -0.329 e. The molecule has 4 heteroatoms. The third kappa shape index (κ3) is 2.48. The number of halogens is 1. The highest BCUT2D eigenvalue weighted by Crippen LogP contribution is 2.32. The Morgan fingerprint density at radius 3 is 2.75 bits per heavy atom. The highest BCUT2D eigenvalue weighted by molar-refractivity contribution is 5.22. The van der Waals surface area contributed by atoms with Crippen LogP contribution >= 0.6 is 0 Å². The third-order valence-electron chi connectivity index (χ3n) is 5.11. The fourth-order valence-electron chi connectivity index (χ4n) is 3.84. The fraction of sp³-hybridized carbons (Fsp3) is 0.625. The summed E-state index contributed by atoms with van der Waals surface area (Å²) in [6, 6.07) is 8.35. The first-order valence-corrected chi connectivity index (χ1v) is 7.61. The van der Waals surface area contributed by atoms with E-state index in [9.17, 15) is 4.39 Å². The fourth-order valence-corrected chi connectivity index (χ4v) is 3.84. The van der Waals surface area contributed by atoms with Crippen LogP contribution in [0.15, 0.2) is 24.3 Å². The molecule has 1 aromatic carbocycles. The third-order valence-corrected chi connectivity index (χ3v) is 5.11. The molecule has 2 saturated heterocycles. The van der Waals surface area contributed by atoms with E-state index in [2.05, 4.69) is 16.8 Å². The molecule has 0 saturated carbocycles. The van der Waals surface area contributed by atoms with Crippen LogP contribution in [0.2, 0.25) is 0 Å². The standard InChI is InChI=1S/C16H24FN3/c1-19-12-6-7-13(19)11-20(9-8-12)16(10-18)14-4-2-3-5-15(14)17/h2-5,12-13,16H,6-11,18H2,1H3. The van der Waals surface area contributed by atoms with Crippen LogP contribution in [-0.4, -0.2) is 48.6 Å². The van der Waals surface area contributed by atoms with Crippen LogP contribution in [-0.2, 0) is 0 Å². The van der Waals surface area contributed by atoms with Crippen molar-refractivity contribution in [2.45, 2.75) is 37.4 Å². The lowest BCUT2D eigenvalue weighted by atomic mass is 10.0. The van der Waals surface area contributed by atoms with Gasteiger partial charge in [-0.05, 0) is 32.4 Å². The molecule has 2 bridgehead atoms. The van der Waals surface area contributed by atoms with Crippen LogP contribution in [0.4, 0.5) is 4.39 Å². The summed E-state index contributed by atoms with van der Waals surface area (Å²) in [5, 5.41) is 0. The molecule has 0 aliphatic carbocycles. The second-order valence-corrected chi connectivity index (χ2v) is 6.11. The molecule has 2 aliphatic rings. The predicted octanol–water partition coefficient (Wildman–Crippen LogP) is 1.99. The van der Waals surface area contributed by atoms with E-state index < -0.39 is 0 Å². The van der Waals surface area contributed by atoms with Gasteiger partial charge in [0.2, 0.25) is 0 Å². The van der Waals surface area contributed by atoms with Crippen molar-refractivity contribution in [1.29, 1.82) is 0 Å². The lowest BCUT2D eigenvalue weighted by Crippen LogP contribution is -2.41. The van der Waals surface area contributed by atoms with Crippen LogP contribution in [0.5, 0.6) is 0 Å². The van der Waals surface area contributed by atoms with E-state index >= 15 is 0 Å². The number of nitrogens with two attached hydrogens (primary N) is 1. The number of benzene rings is 1. The van der Waals surface area contributed by atoms with Gasteiger partial charge in [0.25, 0.3) is 0 Å². The SMILES string of the molecule is CN1C2CCC1CN(C(CN)c1ccccc1F)CC2. The summed E-state index contributed by atoms with van der Waals surface area (Å²) in [7, 11) is 2.23. The maximum atomic E-state index is 14.1. The van der Waals surface area contributed by atoms with E-state index in [0.717, 1.165) is 25.1 Å². The molecule has 2 heterocycles. The number of hydrogen-bond donors (Lipinski definition) is 1. The van der Waals surface area contributed by atoms with Crippen molar-refractivity contribution in [2.75, 3.05) is 26.7 Å². The summed E-state index contributed by atoms with van der Waals surface area (Å²) >= 11 is 0. The first kappa shape index (κ1) is 14.0. The highest BCUT2D eigenvalue weighted by Gasteiger charge is 2.36. The molecule has 2 fully saturated rings. The van der Waals surface area contributed by atoms with Crippen LogP contribution < -0.4 is 5.73 Å². The van der Waals surface area contributed by atoms with E-state index in [-0.39, 0.29) is 11.9 Å². The maximum absolute atomic E-state index is 14.1. The van der Waals surface area contributed by atoms with Gasteiger partial charge in [-0.15, -0.1) is 0 Å². The van der Waals surface area contributed by atoms with E-state index in [1.165, 1.54) is 18.9 Å². The Labute approximate surface area is 120 Å². The van der Waals surface area contributed by atoms with E-state index in [1.54, 1.807) is 6.07 Å². The zero-order valence-corrected chi connectivity index (χ0v) is 12.1. The zero-order valence-electron chi connectivity index (χ0n) is 12.1. The summed E-state index contributed by atoms with van der Waals surface area (Å²) in [5.74, 6) is -0.134. The van der Waals surface area contributed by atoms with Gasteiger partial charge in [-0.25, -0.2) is 4.39 Å². The normalized spacial score (nSPS) is 29.4. The average molecular weight is 277 g/mol. The summed E-state index contributed by atoms with van der Waals surface area (Å²) in [5.41, 5.74) is 6.71. The van der Waals surface area contributed by atoms with Crippen LogP contribution in [0.3, 0.4) is 0 Å². The molecular weight excluding hydrogens is 253 g/mol. The van der Waals surface area contributed by atoms with Gasteiger partial charge in [-0.1, -0.05) is 18.2 Å². The Hall–Kier alpha value is -0.970. The number of rotatable bonds is 3. The molecule has 0 radical (unpaired) electrons. The van der Waals surface area contributed by atoms with Crippen molar-refractivity contribution in [1.82, 2.24) is 9.80 Å². The second-order valence-electron chi connectivity index (χ2n) is 6.11. The molecule has 0 amide bonds. The zero-order chi connectivity index (χ0) is 14.1. The van der Waals surface area contributed by atoms with Gasteiger partial charge in [0, 0.05) is 43.3 Å². The van der Waals surface area contributed by atoms with Gasteiger partial charge in [0.1, 0.15) is 5.82 Å². The van der Waals surface area contributed by atoms with Crippen LogP contribution in [0.25, 0.3) is 0 Å². The van der Waals surface area contributed by atoms with Crippen molar-refractivity contribution in [3.63, 3.8) is 0 Å². The molecule has 1 aromatic rings. The first-order valence-electron chi connectivity index (χ1n) is 7.61. The molecule has 3 rings (SSSR count). The summed E-state index contributed by atoms with van der Waals surface area (Å²) < 4.78 is 14.1. The topological polar surface area (TPSA) is 32.5 Å². The van der Waals surface area contributed by atoms with Crippen molar-refractivity contribution in [2.24, 2.45) is 5.73 Å². The lowest BCUT2D eigenvalue weighted by Gasteiger charge is -2.33. The molecule has 0 spiro atoms. The smallest absolute Gasteiger partial charge is 0.128 e. The number of nitrogens with zero attached hydrogens (tertiary/aromatic N) is 2. The monoisotopic (exact) mass is 277 g/mol. The quantitative estimate of drug-likeness (QED) is 0.917. The van der Waals surface area contributed by atoms with Gasteiger partial charge in [0.05, 0.1) is 0 Å². The minimum absolute atomic E-state index is 0.00366. The lowest BCUT2D eigenvalue weighted by molar-refractivity contribution is 0.172. The Bertz CT molecular complexity index is 465. The van der Waals surface area contributed by atoms with Crippen LogP contribution in [0, 0.1) is 5.82 Å². The van der Waals surface area contributed by atoms with Gasteiger partial charge in [0.15, 0.2) is 0 Å². The van der Waals surface area contributed by atoms with Gasteiger partial charge < -0.3 is 5.73 Å². The minimum atomic E-state index is -0.134. The molecule has 0 aromatic heterocycles. The van der Waals surface area contributed by atoms with Crippen LogP contribution in [0.1, 0.15) is 30.9 Å². The largest absolute Gasteiger partial charge is 0.329 e. The number of hydrogen-bond acceptors (Lipinski definition) is 3. The first-order chi connectivity index (χ1) is 9.70. The molecule has 20 heavy (non-hydrogen) atoms. The number of likely N-dealkylation sites (N-methyl/N-ethyl adjacent to an activating group) is 1. The van der Waals surface area contributed by atoms with Crippen molar-refractivity contribution >= 4 is 0 Å². The number of likely N-dealkylation sites (tertiary alicyclic amines) is 1. The van der Waals surface area contributed by atoms with E-state index in [4.69, 9.17) is 5.73 Å². The Morgan fingerprint density at radius 1 is 1.25 bits per heavy atom. The van der Waals surface area contributed by atoms with Crippen molar-refractivity contribution < 1.29 is 4.39 Å². The Morgan fingerprint density at radius 2 is 2.00 bits per heavy atom. The van der Waals surface area contributed by atoms with Gasteiger partial charge in [-0.2, -0.15) is 0 Å². The van der Waals surface area contributed by atoms with Crippen molar-refractivity contribution in [3.8, 4) is 0 Å². The second kappa shape index (κ2) is 5.80. The molecule has 2 aliphatic heterocycles. The molecule has 3 nitrogen and oxygen atoms in total. The summed E-state index contributed by atoms with van der Waals surface area (Å²) in [4.78, 5) is 4.90. The Balaban J connectivity index is 1.82.